The second-order valence-electron chi connectivity index (χ2n) is 3.11. The van der Waals surface area contributed by atoms with Gasteiger partial charge in [-0.2, -0.15) is 0 Å². The van der Waals surface area contributed by atoms with E-state index in [9.17, 15) is 5.11 Å². The third kappa shape index (κ3) is 1.16. The van der Waals surface area contributed by atoms with Crippen molar-refractivity contribution in [3.05, 3.63) is 24.0 Å². The fraction of sp³-hybridized carbons (Fsp3) is 0.444. The van der Waals surface area contributed by atoms with Gasteiger partial charge in [0.2, 0.25) is 0 Å². The molecule has 1 aromatic heterocycles. The molecular formula is C9H11NO2. The van der Waals surface area contributed by atoms with E-state index in [-0.39, 0.29) is 0 Å². The van der Waals surface area contributed by atoms with Gasteiger partial charge in [0.1, 0.15) is 11.4 Å². The predicted octanol–water partition coefficient (Wildman–Crippen LogP) is 1.07. The molecule has 0 radical (unpaired) electrons. The van der Waals surface area contributed by atoms with Crippen molar-refractivity contribution in [2.45, 2.75) is 18.4 Å². The molecule has 64 valence electrons. The molecule has 1 aliphatic carbocycles. The van der Waals surface area contributed by atoms with Crippen molar-refractivity contribution in [3.8, 4) is 5.75 Å². The van der Waals surface area contributed by atoms with Crippen LogP contribution in [0.4, 0.5) is 0 Å². The maximum atomic E-state index is 9.70. The molecule has 0 unspecified atom stereocenters. The molecule has 12 heavy (non-hydrogen) atoms. The summed E-state index contributed by atoms with van der Waals surface area (Å²) in [6, 6.07) is 3.56. The molecule has 1 aromatic rings. The van der Waals surface area contributed by atoms with Gasteiger partial charge in [-0.15, -0.1) is 0 Å². The van der Waals surface area contributed by atoms with E-state index in [2.05, 4.69) is 4.98 Å². The predicted molar refractivity (Wildman–Crippen MR) is 43.9 cm³/mol. The summed E-state index contributed by atoms with van der Waals surface area (Å²) in [6.07, 6.45) is 3.28. The van der Waals surface area contributed by atoms with Crippen LogP contribution in [0.25, 0.3) is 0 Å². The van der Waals surface area contributed by atoms with Crippen LogP contribution in [0.2, 0.25) is 0 Å². The zero-order valence-electron chi connectivity index (χ0n) is 6.95. The Bertz CT molecular complexity index is 294. The minimum Gasteiger partial charge on any atom is -0.497 e. The molecule has 1 aliphatic rings. The maximum Gasteiger partial charge on any atom is 0.122 e. The van der Waals surface area contributed by atoms with Gasteiger partial charge in [-0.05, 0) is 18.9 Å². The zero-order valence-corrected chi connectivity index (χ0v) is 6.95. The van der Waals surface area contributed by atoms with Gasteiger partial charge in [-0.25, -0.2) is 0 Å². The number of methoxy groups -OCH3 is 1. The van der Waals surface area contributed by atoms with E-state index >= 15 is 0 Å². The number of rotatable bonds is 2. The van der Waals surface area contributed by atoms with E-state index in [0.717, 1.165) is 24.3 Å². The van der Waals surface area contributed by atoms with Gasteiger partial charge >= 0.3 is 0 Å². The Morgan fingerprint density at radius 2 is 2.33 bits per heavy atom. The first-order valence-electron chi connectivity index (χ1n) is 3.97. The van der Waals surface area contributed by atoms with Crippen molar-refractivity contribution in [1.29, 1.82) is 0 Å². The minimum atomic E-state index is -0.658. The Morgan fingerprint density at radius 1 is 1.58 bits per heavy atom. The van der Waals surface area contributed by atoms with Crippen molar-refractivity contribution in [3.63, 3.8) is 0 Å². The molecule has 0 saturated heterocycles. The molecular weight excluding hydrogens is 154 g/mol. The first-order valence-corrected chi connectivity index (χ1v) is 3.97. The fourth-order valence-corrected chi connectivity index (χ4v) is 1.17. The third-order valence-electron chi connectivity index (χ3n) is 2.17. The molecule has 0 atom stereocenters. The van der Waals surface area contributed by atoms with Gasteiger partial charge in [0, 0.05) is 12.3 Å². The molecule has 0 aromatic carbocycles. The van der Waals surface area contributed by atoms with Crippen LogP contribution in [0.3, 0.4) is 0 Å². The SMILES string of the molecule is COc1ccnc(C2(O)CC2)c1. The summed E-state index contributed by atoms with van der Waals surface area (Å²) in [5.74, 6) is 0.750. The van der Waals surface area contributed by atoms with Crippen molar-refractivity contribution in [2.75, 3.05) is 7.11 Å². The monoisotopic (exact) mass is 165 g/mol. The number of aromatic nitrogens is 1. The lowest BCUT2D eigenvalue weighted by atomic mass is 10.2. The maximum absolute atomic E-state index is 9.70. The summed E-state index contributed by atoms with van der Waals surface area (Å²) in [5, 5.41) is 9.70. The van der Waals surface area contributed by atoms with Crippen molar-refractivity contribution in [1.82, 2.24) is 4.98 Å². The molecule has 3 heteroatoms. The summed E-state index contributed by atoms with van der Waals surface area (Å²) >= 11 is 0. The first-order chi connectivity index (χ1) is 5.74. The number of hydrogen-bond acceptors (Lipinski definition) is 3. The summed E-state index contributed by atoms with van der Waals surface area (Å²) in [5.41, 5.74) is 0.0657. The van der Waals surface area contributed by atoms with Crippen LogP contribution in [-0.2, 0) is 5.60 Å². The van der Waals surface area contributed by atoms with Gasteiger partial charge in [-0.3, -0.25) is 4.98 Å². The van der Waals surface area contributed by atoms with Crippen LogP contribution in [-0.4, -0.2) is 17.2 Å². The number of nitrogens with zero attached hydrogens (tertiary/aromatic N) is 1. The van der Waals surface area contributed by atoms with Crippen molar-refractivity contribution >= 4 is 0 Å². The van der Waals surface area contributed by atoms with E-state index in [1.165, 1.54) is 0 Å². The standard InChI is InChI=1S/C9H11NO2/c1-12-7-2-5-10-8(6-7)9(11)3-4-9/h2,5-6,11H,3-4H2,1H3. The molecule has 0 bridgehead atoms. The van der Waals surface area contributed by atoms with E-state index in [4.69, 9.17) is 4.74 Å². The van der Waals surface area contributed by atoms with Crippen LogP contribution < -0.4 is 4.74 Å². The summed E-state index contributed by atoms with van der Waals surface area (Å²) in [7, 11) is 1.61. The van der Waals surface area contributed by atoms with Gasteiger partial charge in [0.25, 0.3) is 0 Å². The van der Waals surface area contributed by atoms with Crippen molar-refractivity contribution < 1.29 is 9.84 Å². The van der Waals surface area contributed by atoms with Gasteiger partial charge < -0.3 is 9.84 Å². The lowest BCUT2D eigenvalue weighted by Crippen LogP contribution is -2.06. The average Bonchev–Trinajstić information content (AvgIpc) is 2.85. The highest BCUT2D eigenvalue weighted by atomic mass is 16.5. The normalized spacial score (nSPS) is 18.8. The van der Waals surface area contributed by atoms with Crippen LogP contribution >= 0.6 is 0 Å². The van der Waals surface area contributed by atoms with Gasteiger partial charge in [0.15, 0.2) is 0 Å². The largest absolute Gasteiger partial charge is 0.497 e. The Labute approximate surface area is 71.0 Å². The summed E-state index contributed by atoms with van der Waals surface area (Å²) in [4.78, 5) is 4.09. The lowest BCUT2D eigenvalue weighted by molar-refractivity contribution is 0.146. The molecule has 0 aliphatic heterocycles. The van der Waals surface area contributed by atoms with Crippen LogP contribution in [0, 0.1) is 0 Å². The Kier molecular flexibility index (Phi) is 1.54. The molecule has 0 amide bonds. The average molecular weight is 165 g/mol. The quantitative estimate of drug-likeness (QED) is 0.712. The van der Waals surface area contributed by atoms with Gasteiger partial charge in [0.05, 0.1) is 12.8 Å². The highest BCUT2D eigenvalue weighted by Crippen LogP contribution is 2.44. The molecule has 1 heterocycles. The van der Waals surface area contributed by atoms with Crippen LogP contribution in [0.5, 0.6) is 5.75 Å². The molecule has 2 rings (SSSR count). The highest BCUT2D eigenvalue weighted by molar-refractivity contribution is 5.28. The molecule has 1 N–H and O–H groups in total. The second-order valence-corrected chi connectivity index (χ2v) is 3.11. The second kappa shape index (κ2) is 2.45. The van der Waals surface area contributed by atoms with E-state index in [1.54, 1.807) is 25.4 Å². The Morgan fingerprint density at radius 3 is 2.92 bits per heavy atom. The van der Waals surface area contributed by atoms with Crippen LogP contribution in [0.1, 0.15) is 18.5 Å². The fourth-order valence-electron chi connectivity index (χ4n) is 1.17. The Hall–Kier alpha value is -1.09. The van der Waals surface area contributed by atoms with E-state index in [0.29, 0.717) is 0 Å². The molecule has 1 saturated carbocycles. The van der Waals surface area contributed by atoms with Crippen molar-refractivity contribution in [2.24, 2.45) is 0 Å². The van der Waals surface area contributed by atoms with Crippen LogP contribution in [0.15, 0.2) is 18.3 Å². The first kappa shape index (κ1) is 7.55. The number of aliphatic hydroxyl groups is 1. The number of ether oxygens (including phenoxy) is 1. The van der Waals surface area contributed by atoms with E-state index < -0.39 is 5.60 Å². The number of pyridine rings is 1. The molecule has 3 nitrogen and oxygen atoms in total. The summed E-state index contributed by atoms with van der Waals surface area (Å²) in [6.45, 7) is 0. The topological polar surface area (TPSA) is 42.4 Å². The summed E-state index contributed by atoms with van der Waals surface area (Å²) < 4.78 is 5.03. The molecule has 0 spiro atoms. The smallest absolute Gasteiger partial charge is 0.122 e. The zero-order chi connectivity index (χ0) is 8.60. The Balaban J connectivity index is 2.32. The lowest BCUT2D eigenvalue weighted by Gasteiger charge is -2.07. The molecule has 1 fully saturated rings. The van der Waals surface area contributed by atoms with E-state index in [1.807, 2.05) is 0 Å². The highest BCUT2D eigenvalue weighted by Gasteiger charge is 2.43. The minimum absolute atomic E-state index is 0.658. The van der Waals surface area contributed by atoms with Gasteiger partial charge in [-0.1, -0.05) is 0 Å². The number of hydrogen-bond donors (Lipinski definition) is 1. The third-order valence-corrected chi connectivity index (χ3v) is 2.17.